The molecule has 0 bridgehead atoms. The van der Waals surface area contributed by atoms with E-state index in [4.69, 9.17) is 11.6 Å². The number of benzene rings is 1. The first kappa shape index (κ1) is 17.5. The van der Waals surface area contributed by atoms with Crippen molar-refractivity contribution >= 4 is 33.2 Å². The first-order valence-corrected chi connectivity index (χ1v) is 9.14. The molecule has 1 aliphatic heterocycles. The predicted molar refractivity (Wildman–Crippen MR) is 82.1 cm³/mol. The van der Waals surface area contributed by atoms with Gasteiger partial charge >= 0.3 is 6.18 Å². The van der Waals surface area contributed by atoms with E-state index in [0.717, 1.165) is 18.2 Å². The number of nitrogens with zero attached hydrogens (tertiary/aromatic N) is 1. The lowest BCUT2D eigenvalue weighted by molar-refractivity contribution is -0.137. The molecule has 1 aromatic rings. The zero-order valence-electron chi connectivity index (χ0n) is 12.3. The smallest absolute Gasteiger partial charge is 0.324 e. The maximum Gasteiger partial charge on any atom is 0.416 e. The van der Waals surface area contributed by atoms with Gasteiger partial charge in [0.05, 0.1) is 27.4 Å². The van der Waals surface area contributed by atoms with Crippen LogP contribution in [0.2, 0.25) is 5.02 Å². The lowest BCUT2D eigenvalue weighted by Crippen LogP contribution is -2.55. The van der Waals surface area contributed by atoms with E-state index < -0.39 is 33.6 Å². The van der Waals surface area contributed by atoms with Crippen LogP contribution in [0.15, 0.2) is 18.2 Å². The highest BCUT2D eigenvalue weighted by atomic mass is 35.5. The van der Waals surface area contributed by atoms with E-state index >= 15 is 0 Å². The minimum Gasteiger partial charge on any atom is -0.324 e. The van der Waals surface area contributed by atoms with E-state index in [1.165, 1.54) is 4.31 Å². The highest BCUT2D eigenvalue weighted by Crippen LogP contribution is 2.36. The van der Waals surface area contributed by atoms with Gasteiger partial charge in [0.25, 0.3) is 0 Å². The van der Waals surface area contributed by atoms with Crippen molar-refractivity contribution in [3.8, 4) is 0 Å². The van der Waals surface area contributed by atoms with Crippen LogP contribution in [0.1, 0.15) is 18.4 Å². The maximum atomic E-state index is 12.7. The van der Waals surface area contributed by atoms with Crippen LogP contribution in [-0.2, 0) is 21.0 Å². The third-order valence-corrected chi connectivity index (χ3v) is 6.74. The largest absolute Gasteiger partial charge is 0.416 e. The summed E-state index contributed by atoms with van der Waals surface area (Å²) in [4.78, 5) is 12.1. The van der Waals surface area contributed by atoms with Crippen molar-refractivity contribution in [1.29, 1.82) is 0 Å². The molecule has 1 amide bonds. The molecule has 1 aromatic carbocycles. The number of sulfonamides is 1. The number of carbonyl (C=O) groups excluding carboxylic acids is 1. The normalized spacial score (nSPS) is 19.8. The summed E-state index contributed by atoms with van der Waals surface area (Å²) >= 11 is 5.82. The number of carbonyl (C=O) groups is 1. The van der Waals surface area contributed by atoms with Crippen LogP contribution in [-0.4, -0.2) is 37.0 Å². The summed E-state index contributed by atoms with van der Waals surface area (Å²) < 4.78 is 63.3. The summed E-state index contributed by atoms with van der Waals surface area (Å²) in [7, 11) is -3.32. The fourth-order valence-electron chi connectivity index (χ4n) is 2.42. The van der Waals surface area contributed by atoms with Gasteiger partial charge in [-0.2, -0.15) is 17.5 Å². The average Bonchev–Trinajstić information content (AvgIpc) is 3.22. The lowest BCUT2D eigenvalue weighted by atomic mass is 10.0. The van der Waals surface area contributed by atoms with E-state index in [-0.39, 0.29) is 29.0 Å². The van der Waals surface area contributed by atoms with Crippen LogP contribution in [0.5, 0.6) is 0 Å². The van der Waals surface area contributed by atoms with Crippen molar-refractivity contribution in [2.75, 3.05) is 18.4 Å². The third-order valence-electron chi connectivity index (χ3n) is 4.08. The van der Waals surface area contributed by atoms with Gasteiger partial charge in [-0.25, -0.2) is 8.42 Å². The van der Waals surface area contributed by atoms with Crippen LogP contribution in [0.3, 0.4) is 0 Å². The van der Waals surface area contributed by atoms with Crippen molar-refractivity contribution < 1.29 is 26.4 Å². The molecule has 3 rings (SSSR count). The molecule has 0 aromatic heterocycles. The average molecular weight is 383 g/mol. The molecule has 0 unspecified atom stereocenters. The Hall–Kier alpha value is -1.32. The van der Waals surface area contributed by atoms with Crippen molar-refractivity contribution in [3.63, 3.8) is 0 Å². The van der Waals surface area contributed by atoms with Gasteiger partial charge in [-0.3, -0.25) is 4.79 Å². The van der Waals surface area contributed by atoms with E-state index in [0.29, 0.717) is 12.8 Å². The summed E-state index contributed by atoms with van der Waals surface area (Å²) in [6.45, 7) is 0.0858. The number of rotatable bonds is 4. The quantitative estimate of drug-likeness (QED) is 0.870. The first-order chi connectivity index (χ1) is 11.1. The lowest BCUT2D eigenvalue weighted by Gasteiger charge is -2.37. The van der Waals surface area contributed by atoms with Crippen molar-refractivity contribution in [1.82, 2.24) is 4.31 Å². The second-order valence-electron chi connectivity index (χ2n) is 5.94. The zero-order valence-corrected chi connectivity index (χ0v) is 13.9. The molecule has 0 radical (unpaired) electrons. The van der Waals surface area contributed by atoms with Crippen molar-refractivity contribution in [2.45, 2.75) is 24.3 Å². The summed E-state index contributed by atoms with van der Waals surface area (Å²) in [6, 6.07) is 2.65. The molecule has 2 aliphatic rings. The molecule has 1 N–H and O–H groups in total. The van der Waals surface area contributed by atoms with Gasteiger partial charge in [0, 0.05) is 13.1 Å². The topological polar surface area (TPSA) is 66.5 Å². The first-order valence-electron chi connectivity index (χ1n) is 7.25. The number of alkyl halides is 3. The molecule has 24 heavy (non-hydrogen) atoms. The second kappa shape index (κ2) is 5.89. The standard InChI is InChI=1S/C14H14ClF3N2O3S/c15-11-4-1-9(14(16,17)18)5-12(11)19-13(21)8-6-20(7-8)24(22,23)10-2-3-10/h1,4-5,8,10H,2-3,6-7H2,(H,19,21). The zero-order chi connectivity index (χ0) is 17.7. The molecule has 0 spiro atoms. The number of halogens is 4. The fraction of sp³-hybridized carbons (Fsp3) is 0.500. The molecule has 132 valence electrons. The summed E-state index contributed by atoms with van der Waals surface area (Å²) in [5.41, 5.74) is -1.06. The Morgan fingerprint density at radius 1 is 1.25 bits per heavy atom. The van der Waals surface area contributed by atoms with E-state index in [2.05, 4.69) is 5.32 Å². The molecule has 1 saturated heterocycles. The molecule has 5 nitrogen and oxygen atoms in total. The molecule has 1 aliphatic carbocycles. The monoisotopic (exact) mass is 382 g/mol. The van der Waals surface area contributed by atoms with E-state index in [9.17, 15) is 26.4 Å². The fourth-order valence-corrected chi connectivity index (χ4v) is 4.51. The minimum atomic E-state index is -4.55. The molecule has 2 fully saturated rings. The summed E-state index contributed by atoms with van der Waals surface area (Å²) in [5, 5.41) is 1.99. The highest BCUT2D eigenvalue weighted by molar-refractivity contribution is 7.90. The molecule has 0 atom stereocenters. The predicted octanol–water partition coefficient (Wildman–Crippen LogP) is 2.72. The summed E-state index contributed by atoms with van der Waals surface area (Å²) in [6.07, 6.45) is -3.28. The number of hydrogen-bond donors (Lipinski definition) is 1. The van der Waals surface area contributed by atoms with Gasteiger partial charge < -0.3 is 5.32 Å². The van der Waals surface area contributed by atoms with Crippen LogP contribution in [0.4, 0.5) is 18.9 Å². The Bertz CT molecular complexity index is 772. The Kier molecular flexibility index (Phi) is 4.29. The number of anilines is 1. The molecular weight excluding hydrogens is 369 g/mol. The van der Waals surface area contributed by atoms with Crippen LogP contribution in [0, 0.1) is 5.92 Å². The Balaban J connectivity index is 1.64. The Morgan fingerprint density at radius 3 is 2.42 bits per heavy atom. The Morgan fingerprint density at radius 2 is 1.88 bits per heavy atom. The van der Waals surface area contributed by atoms with Crippen LogP contribution >= 0.6 is 11.6 Å². The van der Waals surface area contributed by atoms with Gasteiger partial charge in [0.1, 0.15) is 0 Å². The van der Waals surface area contributed by atoms with Crippen LogP contribution < -0.4 is 5.32 Å². The van der Waals surface area contributed by atoms with Gasteiger partial charge in [0.2, 0.25) is 15.9 Å². The highest BCUT2D eigenvalue weighted by Gasteiger charge is 2.47. The van der Waals surface area contributed by atoms with Gasteiger partial charge in [-0.05, 0) is 31.0 Å². The van der Waals surface area contributed by atoms with Gasteiger partial charge in [0.15, 0.2) is 0 Å². The molecule has 1 heterocycles. The molecule has 1 saturated carbocycles. The van der Waals surface area contributed by atoms with Gasteiger partial charge in [-0.1, -0.05) is 11.6 Å². The van der Waals surface area contributed by atoms with Crippen molar-refractivity contribution in [3.05, 3.63) is 28.8 Å². The van der Waals surface area contributed by atoms with Crippen molar-refractivity contribution in [2.24, 2.45) is 5.92 Å². The summed E-state index contributed by atoms with van der Waals surface area (Å²) in [5.74, 6) is -1.14. The van der Waals surface area contributed by atoms with Gasteiger partial charge in [-0.15, -0.1) is 0 Å². The van der Waals surface area contributed by atoms with Crippen LogP contribution in [0.25, 0.3) is 0 Å². The molecular formula is C14H14ClF3N2O3S. The minimum absolute atomic E-state index is 0.0156. The molecule has 10 heteroatoms. The SMILES string of the molecule is O=C(Nc1cc(C(F)(F)F)ccc1Cl)C1CN(S(=O)(=O)C2CC2)C1. The maximum absolute atomic E-state index is 12.7. The second-order valence-corrected chi connectivity index (χ2v) is 8.56. The Labute approximate surface area is 141 Å². The van der Waals surface area contributed by atoms with E-state index in [1.54, 1.807) is 0 Å². The third kappa shape index (κ3) is 3.38. The number of amides is 1. The van der Waals surface area contributed by atoms with E-state index in [1.807, 2.05) is 0 Å². The number of nitrogens with one attached hydrogen (secondary N) is 1. The number of hydrogen-bond acceptors (Lipinski definition) is 3.